The minimum absolute atomic E-state index is 0.0799. The smallest absolute Gasteiger partial charge is 0.0998 e. The van der Waals surface area contributed by atoms with E-state index < -0.39 is 0 Å². The van der Waals surface area contributed by atoms with E-state index in [9.17, 15) is 5.11 Å². The number of aliphatic hydroxyl groups is 1. The summed E-state index contributed by atoms with van der Waals surface area (Å²) < 4.78 is 0. The summed E-state index contributed by atoms with van der Waals surface area (Å²) >= 11 is 0. The van der Waals surface area contributed by atoms with Crippen LogP contribution in [0.1, 0.15) is 16.7 Å². The number of nitrogens with zero attached hydrogens (tertiary/aromatic N) is 1. The topological polar surface area (TPSA) is 70.0 Å². The molecule has 3 nitrogen and oxygen atoms in total. The van der Waals surface area contributed by atoms with Gasteiger partial charge in [-0.15, -0.1) is 0 Å². The molecule has 2 aromatic rings. The Morgan fingerprint density at radius 2 is 1.83 bits per heavy atom. The number of hydrogen-bond acceptors (Lipinski definition) is 3. The van der Waals surface area contributed by atoms with Crippen LogP contribution in [0.15, 0.2) is 42.5 Å². The van der Waals surface area contributed by atoms with E-state index in [-0.39, 0.29) is 6.61 Å². The zero-order valence-electron chi connectivity index (χ0n) is 9.93. The van der Waals surface area contributed by atoms with Gasteiger partial charge < -0.3 is 10.8 Å². The maximum Gasteiger partial charge on any atom is 0.0998 e. The second-order valence-electron chi connectivity index (χ2n) is 4.01. The number of hydrogen-bond donors (Lipinski definition) is 2. The van der Waals surface area contributed by atoms with Gasteiger partial charge in [0.05, 0.1) is 18.2 Å². The summed E-state index contributed by atoms with van der Waals surface area (Å²) in [5.41, 5.74) is 9.65. The van der Waals surface area contributed by atoms with Crippen molar-refractivity contribution < 1.29 is 5.11 Å². The Bertz CT molecular complexity index is 582. The number of benzene rings is 2. The minimum atomic E-state index is -0.0799. The van der Waals surface area contributed by atoms with Crippen molar-refractivity contribution in [2.24, 2.45) is 5.73 Å². The Hall–Kier alpha value is -2.15. The Balaban J connectivity index is 2.58. The van der Waals surface area contributed by atoms with Gasteiger partial charge in [-0.25, -0.2) is 0 Å². The monoisotopic (exact) mass is 238 g/mol. The van der Waals surface area contributed by atoms with E-state index in [2.05, 4.69) is 6.07 Å². The fourth-order valence-corrected chi connectivity index (χ4v) is 1.97. The van der Waals surface area contributed by atoms with Crippen LogP contribution in [0.2, 0.25) is 0 Å². The van der Waals surface area contributed by atoms with Gasteiger partial charge >= 0.3 is 0 Å². The molecule has 0 aliphatic carbocycles. The lowest BCUT2D eigenvalue weighted by Gasteiger charge is -2.10. The molecular weight excluding hydrogens is 224 g/mol. The third-order valence-electron chi connectivity index (χ3n) is 2.92. The van der Waals surface area contributed by atoms with Crippen molar-refractivity contribution in [2.45, 2.75) is 13.2 Å². The van der Waals surface area contributed by atoms with Crippen LogP contribution in [-0.2, 0) is 13.2 Å². The zero-order valence-corrected chi connectivity index (χ0v) is 9.93. The van der Waals surface area contributed by atoms with Gasteiger partial charge in [-0.1, -0.05) is 36.4 Å². The lowest BCUT2D eigenvalue weighted by molar-refractivity contribution is 0.282. The molecule has 0 aliphatic heterocycles. The molecule has 90 valence electrons. The van der Waals surface area contributed by atoms with E-state index in [0.717, 1.165) is 22.3 Å². The van der Waals surface area contributed by atoms with Crippen molar-refractivity contribution >= 4 is 0 Å². The Kier molecular flexibility index (Phi) is 3.73. The predicted molar refractivity (Wildman–Crippen MR) is 70.4 cm³/mol. The van der Waals surface area contributed by atoms with Gasteiger partial charge in [0.2, 0.25) is 0 Å². The van der Waals surface area contributed by atoms with Crippen LogP contribution < -0.4 is 5.73 Å². The van der Waals surface area contributed by atoms with E-state index in [4.69, 9.17) is 11.0 Å². The number of nitriles is 1. The van der Waals surface area contributed by atoms with Crippen molar-refractivity contribution in [1.82, 2.24) is 0 Å². The van der Waals surface area contributed by atoms with Gasteiger partial charge in [0.25, 0.3) is 0 Å². The first kappa shape index (κ1) is 12.3. The van der Waals surface area contributed by atoms with Crippen LogP contribution in [0, 0.1) is 11.3 Å². The summed E-state index contributed by atoms with van der Waals surface area (Å²) in [5.74, 6) is 0. The summed E-state index contributed by atoms with van der Waals surface area (Å²) in [6.07, 6.45) is 0. The van der Waals surface area contributed by atoms with Crippen LogP contribution in [0.4, 0.5) is 0 Å². The molecule has 0 unspecified atom stereocenters. The normalized spacial score (nSPS) is 10.1. The first-order chi connectivity index (χ1) is 8.80. The van der Waals surface area contributed by atoms with Crippen LogP contribution in [-0.4, -0.2) is 5.11 Å². The van der Waals surface area contributed by atoms with Gasteiger partial charge in [-0.05, 0) is 22.8 Å². The maximum absolute atomic E-state index is 9.37. The second-order valence-corrected chi connectivity index (χ2v) is 4.01. The molecule has 0 aliphatic rings. The first-order valence-electron chi connectivity index (χ1n) is 5.72. The molecule has 2 rings (SSSR count). The van der Waals surface area contributed by atoms with E-state index >= 15 is 0 Å². The highest BCUT2D eigenvalue weighted by atomic mass is 16.3. The highest BCUT2D eigenvalue weighted by Gasteiger charge is 2.09. The van der Waals surface area contributed by atoms with Crippen LogP contribution in [0.25, 0.3) is 11.1 Å². The largest absolute Gasteiger partial charge is 0.392 e. The highest BCUT2D eigenvalue weighted by molar-refractivity contribution is 5.74. The third kappa shape index (κ3) is 2.25. The maximum atomic E-state index is 9.37. The molecular formula is C15H14N2O. The van der Waals surface area contributed by atoms with Crippen molar-refractivity contribution in [3.05, 3.63) is 59.2 Å². The summed E-state index contributed by atoms with van der Waals surface area (Å²) in [6.45, 7) is 0.413. The minimum Gasteiger partial charge on any atom is -0.392 e. The first-order valence-corrected chi connectivity index (χ1v) is 5.72. The quantitative estimate of drug-likeness (QED) is 0.861. The molecule has 0 amide bonds. The van der Waals surface area contributed by atoms with E-state index in [1.54, 1.807) is 12.1 Å². The second kappa shape index (κ2) is 5.46. The molecule has 0 radical (unpaired) electrons. The van der Waals surface area contributed by atoms with Crippen molar-refractivity contribution in [2.75, 3.05) is 0 Å². The molecule has 3 heteroatoms. The molecule has 0 saturated carbocycles. The lowest BCUT2D eigenvalue weighted by atomic mass is 9.94. The molecule has 0 spiro atoms. The fourth-order valence-electron chi connectivity index (χ4n) is 1.97. The molecule has 0 heterocycles. The van der Waals surface area contributed by atoms with Gasteiger partial charge in [0.1, 0.15) is 0 Å². The summed E-state index contributed by atoms with van der Waals surface area (Å²) in [7, 11) is 0. The van der Waals surface area contributed by atoms with Crippen LogP contribution in [0.3, 0.4) is 0 Å². The summed E-state index contributed by atoms with van der Waals surface area (Å²) in [6, 6.07) is 15.2. The van der Waals surface area contributed by atoms with Gasteiger partial charge in [0.15, 0.2) is 0 Å². The summed E-state index contributed by atoms with van der Waals surface area (Å²) in [5, 5.41) is 18.5. The van der Waals surface area contributed by atoms with Gasteiger partial charge in [-0.2, -0.15) is 5.26 Å². The summed E-state index contributed by atoms with van der Waals surface area (Å²) in [4.78, 5) is 0. The van der Waals surface area contributed by atoms with Crippen LogP contribution in [0.5, 0.6) is 0 Å². The molecule has 0 fully saturated rings. The number of rotatable bonds is 3. The average Bonchev–Trinajstić information content (AvgIpc) is 2.46. The molecule has 18 heavy (non-hydrogen) atoms. The zero-order chi connectivity index (χ0) is 13.0. The molecule has 0 atom stereocenters. The molecule has 2 aromatic carbocycles. The number of aliphatic hydroxyl groups excluding tert-OH is 1. The van der Waals surface area contributed by atoms with E-state index in [1.807, 2.05) is 30.3 Å². The molecule has 0 aromatic heterocycles. The van der Waals surface area contributed by atoms with Crippen molar-refractivity contribution in [1.29, 1.82) is 5.26 Å². The Labute approximate surface area is 106 Å². The Morgan fingerprint density at radius 3 is 2.39 bits per heavy atom. The van der Waals surface area contributed by atoms with Gasteiger partial charge in [-0.3, -0.25) is 0 Å². The SMILES string of the molecule is N#Cc1cccc(CO)c1-c1ccc(CN)cc1. The van der Waals surface area contributed by atoms with Gasteiger partial charge in [0, 0.05) is 12.1 Å². The third-order valence-corrected chi connectivity index (χ3v) is 2.92. The average molecular weight is 238 g/mol. The molecule has 0 saturated heterocycles. The predicted octanol–water partition coefficient (Wildman–Crippen LogP) is 2.18. The highest BCUT2D eigenvalue weighted by Crippen LogP contribution is 2.27. The van der Waals surface area contributed by atoms with Crippen LogP contribution >= 0.6 is 0 Å². The standard InChI is InChI=1S/C15H14N2O/c16-8-11-4-6-12(7-5-11)15-13(9-17)2-1-3-14(15)10-18/h1-7,18H,8,10,16H2. The van der Waals surface area contributed by atoms with E-state index in [0.29, 0.717) is 12.1 Å². The lowest BCUT2D eigenvalue weighted by Crippen LogP contribution is -1.97. The molecule has 3 N–H and O–H groups in total. The fraction of sp³-hybridized carbons (Fsp3) is 0.133. The molecule has 0 bridgehead atoms. The van der Waals surface area contributed by atoms with Crippen molar-refractivity contribution in [3.8, 4) is 17.2 Å². The number of nitrogens with two attached hydrogens (primary N) is 1. The van der Waals surface area contributed by atoms with E-state index in [1.165, 1.54) is 0 Å². The van der Waals surface area contributed by atoms with Crippen molar-refractivity contribution in [3.63, 3.8) is 0 Å². The Morgan fingerprint density at radius 1 is 1.11 bits per heavy atom.